The standard InChI is InChI=1S/C12H22N2O3/c1-13(2)7-8-14(9-11(15)16)12(17)10-5-3-4-6-10/h10H,3-9H2,1-2H3,(H,15,16). The van der Waals surface area contributed by atoms with Crippen LogP contribution in [0.25, 0.3) is 0 Å². The summed E-state index contributed by atoms with van der Waals surface area (Å²) in [5.74, 6) is -0.863. The van der Waals surface area contributed by atoms with Crippen molar-refractivity contribution >= 4 is 11.9 Å². The predicted octanol–water partition coefficient (Wildman–Crippen LogP) is 0.651. The van der Waals surface area contributed by atoms with Gasteiger partial charge in [-0.05, 0) is 26.9 Å². The summed E-state index contributed by atoms with van der Waals surface area (Å²) in [6.07, 6.45) is 4.00. The number of rotatable bonds is 6. The third kappa shape index (κ3) is 4.73. The number of carboxylic acid groups (broad SMARTS) is 1. The molecule has 0 aromatic carbocycles. The first-order valence-electron chi connectivity index (χ1n) is 6.16. The van der Waals surface area contributed by atoms with Crippen molar-refractivity contribution in [3.05, 3.63) is 0 Å². The Labute approximate surface area is 102 Å². The number of amides is 1. The van der Waals surface area contributed by atoms with Crippen LogP contribution in [-0.2, 0) is 9.59 Å². The Hall–Kier alpha value is -1.10. The van der Waals surface area contributed by atoms with Gasteiger partial charge in [-0.1, -0.05) is 12.8 Å². The van der Waals surface area contributed by atoms with E-state index in [0.717, 1.165) is 25.7 Å². The highest BCUT2D eigenvalue weighted by atomic mass is 16.4. The maximum atomic E-state index is 12.1. The van der Waals surface area contributed by atoms with Crippen molar-refractivity contribution in [3.63, 3.8) is 0 Å². The molecule has 1 fully saturated rings. The van der Waals surface area contributed by atoms with Crippen LogP contribution in [0.15, 0.2) is 0 Å². The summed E-state index contributed by atoms with van der Waals surface area (Å²) in [6.45, 7) is 1.02. The van der Waals surface area contributed by atoms with Crippen molar-refractivity contribution in [1.29, 1.82) is 0 Å². The van der Waals surface area contributed by atoms with Gasteiger partial charge in [-0.2, -0.15) is 0 Å². The van der Waals surface area contributed by atoms with E-state index in [1.54, 1.807) is 0 Å². The maximum Gasteiger partial charge on any atom is 0.323 e. The number of carbonyl (C=O) groups excluding carboxylic acids is 1. The van der Waals surface area contributed by atoms with Crippen molar-refractivity contribution < 1.29 is 14.7 Å². The fraction of sp³-hybridized carbons (Fsp3) is 0.833. The van der Waals surface area contributed by atoms with Crippen LogP contribution in [0.1, 0.15) is 25.7 Å². The minimum Gasteiger partial charge on any atom is -0.480 e. The lowest BCUT2D eigenvalue weighted by molar-refractivity contribution is -0.146. The van der Waals surface area contributed by atoms with E-state index in [1.165, 1.54) is 4.90 Å². The molecule has 5 nitrogen and oxygen atoms in total. The molecule has 0 saturated heterocycles. The van der Waals surface area contributed by atoms with Gasteiger partial charge < -0.3 is 14.9 Å². The second-order valence-corrected chi connectivity index (χ2v) is 4.94. The summed E-state index contributed by atoms with van der Waals surface area (Å²) in [5.41, 5.74) is 0. The minimum atomic E-state index is -0.935. The highest BCUT2D eigenvalue weighted by molar-refractivity contribution is 5.83. The molecule has 1 aliphatic rings. The maximum absolute atomic E-state index is 12.1. The van der Waals surface area contributed by atoms with Gasteiger partial charge >= 0.3 is 5.97 Å². The lowest BCUT2D eigenvalue weighted by Gasteiger charge is -2.25. The fourth-order valence-corrected chi connectivity index (χ4v) is 2.18. The normalized spacial score (nSPS) is 16.4. The topological polar surface area (TPSA) is 60.9 Å². The quantitative estimate of drug-likeness (QED) is 0.743. The molecule has 1 amide bonds. The molecule has 98 valence electrons. The van der Waals surface area contributed by atoms with Gasteiger partial charge in [0.1, 0.15) is 6.54 Å². The average Bonchev–Trinajstić information content (AvgIpc) is 2.75. The average molecular weight is 242 g/mol. The van der Waals surface area contributed by atoms with Crippen molar-refractivity contribution in [3.8, 4) is 0 Å². The van der Waals surface area contributed by atoms with Gasteiger partial charge in [-0.3, -0.25) is 9.59 Å². The first kappa shape index (κ1) is 14.0. The van der Waals surface area contributed by atoms with Gasteiger partial charge in [0.05, 0.1) is 0 Å². The number of nitrogens with zero attached hydrogens (tertiary/aromatic N) is 2. The fourth-order valence-electron chi connectivity index (χ4n) is 2.18. The molecular formula is C12H22N2O3. The summed E-state index contributed by atoms with van der Waals surface area (Å²) in [5, 5.41) is 8.83. The Morgan fingerprint density at radius 3 is 2.24 bits per heavy atom. The highest BCUT2D eigenvalue weighted by Crippen LogP contribution is 2.26. The Morgan fingerprint density at radius 2 is 1.76 bits per heavy atom. The zero-order chi connectivity index (χ0) is 12.8. The number of hydrogen-bond donors (Lipinski definition) is 1. The molecule has 1 rings (SSSR count). The van der Waals surface area contributed by atoms with Crippen molar-refractivity contribution in [1.82, 2.24) is 9.80 Å². The van der Waals surface area contributed by atoms with Crippen LogP contribution in [0.2, 0.25) is 0 Å². The molecule has 0 unspecified atom stereocenters. The Kier molecular flexibility index (Phi) is 5.41. The summed E-state index contributed by atoms with van der Waals surface area (Å²) < 4.78 is 0. The van der Waals surface area contributed by atoms with E-state index in [-0.39, 0.29) is 18.4 Å². The summed E-state index contributed by atoms with van der Waals surface area (Å²) >= 11 is 0. The number of carbonyl (C=O) groups is 2. The first-order valence-corrected chi connectivity index (χ1v) is 6.16. The number of carboxylic acids is 1. The minimum absolute atomic E-state index is 0.0201. The summed E-state index contributed by atoms with van der Waals surface area (Å²) in [4.78, 5) is 26.3. The summed E-state index contributed by atoms with van der Waals surface area (Å²) in [7, 11) is 3.83. The molecule has 0 radical (unpaired) electrons. The molecule has 0 spiro atoms. The molecule has 0 atom stereocenters. The summed E-state index contributed by atoms with van der Waals surface area (Å²) in [6, 6.07) is 0. The monoisotopic (exact) mass is 242 g/mol. The van der Waals surface area contributed by atoms with Crippen LogP contribution in [0.4, 0.5) is 0 Å². The van der Waals surface area contributed by atoms with E-state index in [1.807, 2.05) is 19.0 Å². The van der Waals surface area contributed by atoms with E-state index >= 15 is 0 Å². The molecule has 5 heteroatoms. The third-order valence-electron chi connectivity index (χ3n) is 3.16. The second-order valence-electron chi connectivity index (χ2n) is 4.94. The van der Waals surface area contributed by atoms with Crippen LogP contribution >= 0.6 is 0 Å². The van der Waals surface area contributed by atoms with E-state index in [4.69, 9.17) is 5.11 Å². The first-order chi connectivity index (χ1) is 8.00. The molecule has 0 aromatic rings. The van der Waals surface area contributed by atoms with Crippen molar-refractivity contribution in [2.24, 2.45) is 5.92 Å². The molecule has 1 saturated carbocycles. The molecule has 1 N–H and O–H groups in total. The SMILES string of the molecule is CN(C)CCN(CC(=O)O)C(=O)C1CCCC1. The molecule has 0 aromatic heterocycles. The van der Waals surface area contributed by atoms with Gasteiger partial charge in [0.15, 0.2) is 0 Å². The van der Waals surface area contributed by atoms with Crippen LogP contribution in [0.5, 0.6) is 0 Å². The Balaban J connectivity index is 2.53. The Morgan fingerprint density at radius 1 is 1.18 bits per heavy atom. The van der Waals surface area contributed by atoms with E-state index in [9.17, 15) is 9.59 Å². The number of likely N-dealkylation sites (N-methyl/N-ethyl adjacent to an activating group) is 1. The smallest absolute Gasteiger partial charge is 0.323 e. The van der Waals surface area contributed by atoms with E-state index < -0.39 is 5.97 Å². The van der Waals surface area contributed by atoms with E-state index in [0.29, 0.717) is 13.1 Å². The predicted molar refractivity (Wildman–Crippen MR) is 64.7 cm³/mol. The van der Waals surface area contributed by atoms with Crippen molar-refractivity contribution in [2.45, 2.75) is 25.7 Å². The van der Waals surface area contributed by atoms with Crippen LogP contribution < -0.4 is 0 Å². The Bertz CT molecular complexity index is 273. The van der Waals surface area contributed by atoms with Crippen molar-refractivity contribution in [2.75, 3.05) is 33.7 Å². The van der Waals surface area contributed by atoms with Crippen LogP contribution in [-0.4, -0.2) is 60.5 Å². The molecule has 1 aliphatic carbocycles. The van der Waals surface area contributed by atoms with Gasteiger partial charge in [0.2, 0.25) is 5.91 Å². The zero-order valence-electron chi connectivity index (χ0n) is 10.7. The zero-order valence-corrected chi connectivity index (χ0v) is 10.7. The van der Waals surface area contributed by atoms with Gasteiger partial charge in [-0.25, -0.2) is 0 Å². The lowest BCUT2D eigenvalue weighted by atomic mass is 10.1. The highest BCUT2D eigenvalue weighted by Gasteiger charge is 2.28. The largest absolute Gasteiger partial charge is 0.480 e. The second kappa shape index (κ2) is 6.59. The van der Waals surface area contributed by atoms with Crippen LogP contribution in [0, 0.1) is 5.92 Å². The number of hydrogen-bond acceptors (Lipinski definition) is 3. The molecular weight excluding hydrogens is 220 g/mol. The van der Waals surface area contributed by atoms with Crippen LogP contribution in [0.3, 0.4) is 0 Å². The molecule has 0 heterocycles. The van der Waals surface area contributed by atoms with Gasteiger partial charge in [0, 0.05) is 19.0 Å². The number of aliphatic carboxylic acids is 1. The molecule has 0 aliphatic heterocycles. The molecule has 17 heavy (non-hydrogen) atoms. The third-order valence-corrected chi connectivity index (χ3v) is 3.16. The van der Waals surface area contributed by atoms with E-state index in [2.05, 4.69) is 0 Å². The molecule has 0 bridgehead atoms. The van der Waals surface area contributed by atoms with Gasteiger partial charge in [-0.15, -0.1) is 0 Å². The lowest BCUT2D eigenvalue weighted by Crippen LogP contribution is -2.42. The van der Waals surface area contributed by atoms with Gasteiger partial charge in [0.25, 0.3) is 0 Å².